The molecule has 1 aliphatic heterocycles. The summed E-state index contributed by atoms with van der Waals surface area (Å²) in [6.45, 7) is 4.68. The number of ether oxygens (including phenoxy) is 3. The maximum Gasteiger partial charge on any atom is 0.363 e. The Morgan fingerprint density at radius 1 is 1.03 bits per heavy atom. The minimum atomic E-state index is -0.513. The van der Waals surface area contributed by atoms with Gasteiger partial charge in [0.15, 0.2) is 17.2 Å². The fourth-order valence-corrected chi connectivity index (χ4v) is 3.59. The summed E-state index contributed by atoms with van der Waals surface area (Å²) >= 11 is 6.37. The highest BCUT2D eigenvalue weighted by atomic mass is 35.5. The summed E-state index contributed by atoms with van der Waals surface area (Å²) in [4.78, 5) is 16.9. The van der Waals surface area contributed by atoms with Crippen LogP contribution in [0.15, 0.2) is 65.3 Å². The summed E-state index contributed by atoms with van der Waals surface area (Å²) in [5.41, 5.74) is 1.63. The number of fused-ring (bicyclic) bond motifs is 1. The number of carbonyl (C=O) groups excluding carboxylic acids is 1. The molecular weight excluding hydrogens is 402 g/mol. The third kappa shape index (κ3) is 3.89. The van der Waals surface area contributed by atoms with Crippen LogP contribution < -0.4 is 9.47 Å². The van der Waals surface area contributed by atoms with Crippen LogP contribution in [-0.4, -0.2) is 25.1 Å². The Labute approximate surface area is 179 Å². The first-order valence-electron chi connectivity index (χ1n) is 9.70. The number of esters is 1. The predicted octanol–water partition coefficient (Wildman–Crippen LogP) is 5.64. The lowest BCUT2D eigenvalue weighted by atomic mass is 10.0. The van der Waals surface area contributed by atoms with E-state index >= 15 is 0 Å². The number of halogens is 1. The van der Waals surface area contributed by atoms with Gasteiger partial charge in [-0.05, 0) is 54.5 Å². The van der Waals surface area contributed by atoms with Crippen molar-refractivity contribution in [3.05, 3.63) is 76.4 Å². The molecule has 0 aromatic heterocycles. The van der Waals surface area contributed by atoms with Gasteiger partial charge in [-0.3, -0.25) is 0 Å². The average Bonchev–Trinajstić information content (AvgIpc) is 3.10. The van der Waals surface area contributed by atoms with Crippen LogP contribution in [-0.2, 0) is 9.53 Å². The molecule has 0 unspecified atom stereocenters. The smallest absolute Gasteiger partial charge is 0.363 e. The van der Waals surface area contributed by atoms with E-state index in [1.54, 1.807) is 18.2 Å². The maximum atomic E-state index is 12.5. The van der Waals surface area contributed by atoms with E-state index in [9.17, 15) is 4.79 Å². The van der Waals surface area contributed by atoms with E-state index in [1.807, 2.05) is 56.3 Å². The van der Waals surface area contributed by atoms with E-state index in [2.05, 4.69) is 4.99 Å². The first kappa shape index (κ1) is 20.0. The Morgan fingerprint density at radius 3 is 2.60 bits per heavy atom. The van der Waals surface area contributed by atoms with Gasteiger partial charge in [0.25, 0.3) is 0 Å². The summed E-state index contributed by atoms with van der Waals surface area (Å²) in [6.07, 6.45) is 1.63. The Bertz CT molecular complexity index is 1180. The van der Waals surface area contributed by atoms with E-state index in [-0.39, 0.29) is 11.6 Å². The number of hydrogen-bond acceptors (Lipinski definition) is 5. The topological polar surface area (TPSA) is 57.1 Å². The van der Waals surface area contributed by atoms with E-state index in [0.717, 1.165) is 16.3 Å². The largest absolute Gasteiger partial charge is 0.490 e. The number of cyclic esters (lactones) is 1. The molecule has 1 heterocycles. The average molecular weight is 422 g/mol. The summed E-state index contributed by atoms with van der Waals surface area (Å²) in [5, 5.41) is 2.42. The zero-order valence-electron chi connectivity index (χ0n) is 16.6. The Morgan fingerprint density at radius 2 is 1.80 bits per heavy atom. The molecule has 152 valence electrons. The lowest BCUT2D eigenvalue weighted by molar-refractivity contribution is -0.129. The molecule has 1 aliphatic rings. The van der Waals surface area contributed by atoms with Gasteiger partial charge in [-0.2, -0.15) is 0 Å². The third-order valence-corrected chi connectivity index (χ3v) is 4.85. The molecule has 30 heavy (non-hydrogen) atoms. The van der Waals surface area contributed by atoms with Crippen LogP contribution in [0.5, 0.6) is 11.5 Å². The Hall–Kier alpha value is -3.31. The second-order valence-corrected chi connectivity index (χ2v) is 6.97. The number of hydrogen-bond donors (Lipinski definition) is 0. The molecule has 6 heteroatoms. The van der Waals surface area contributed by atoms with Gasteiger partial charge in [-0.15, -0.1) is 0 Å². The third-order valence-electron chi connectivity index (χ3n) is 4.56. The second-order valence-electron chi connectivity index (χ2n) is 6.56. The zero-order valence-corrected chi connectivity index (χ0v) is 17.4. The minimum Gasteiger partial charge on any atom is -0.490 e. The number of carbonyl (C=O) groups is 1. The van der Waals surface area contributed by atoms with Crippen LogP contribution in [0, 0.1) is 0 Å². The summed E-state index contributed by atoms with van der Waals surface area (Å²) in [6, 6.07) is 17.2. The molecular formula is C24H20ClNO4. The number of nitrogens with zero attached hydrogens (tertiary/aromatic N) is 1. The van der Waals surface area contributed by atoms with Gasteiger partial charge in [-0.25, -0.2) is 9.79 Å². The van der Waals surface area contributed by atoms with Crippen molar-refractivity contribution in [1.29, 1.82) is 0 Å². The van der Waals surface area contributed by atoms with Crippen molar-refractivity contribution in [2.75, 3.05) is 13.2 Å². The van der Waals surface area contributed by atoms with Crippen molar-refractivity contribution in [2.45, 2.75) is 13.8 Å². The van der Waals surface area contributed by atoms with Crippen LogP contribution in [0.1, 0.15) is 25.0 Å². The molecule has 0 bridgehead atoms. The van der Waals surface area contributed by atoms with Crippen molar-refractivity contribution in [3.63, 3.8) is 0 Å². The van der Waals surface area contributed by atoms with Gasteiger partial charge >= 0.3 is 5.97 Å². The van der Waals surface area contributed by atoms with Crippen LogP contribution in [0.3, 0.4) is 0 Å². The minimum absolute atomic E-state index is 0.195. The van der Waals surface area contributed by atoms with E-state index in [1.165, 1.54) is 0 Å². The molecule has 0 saturated heterocycles. The van der Waals surface area contributed by atoms with Crippen molar-refractivity contribution in [2.24, 2.45) is 4.99 Å². The first-order chi connectivity index (χ1) is 14.6. The zero-order chi connectivity index (χ0) is 21.1. The fourth-order valence-electron chi connectivity index (χ4n) is 3.31. The van der Waals surface area contributed by atoms with Crippen molar-refractivity contribution < 1.29 is 19.0 Å². The highest BCUT2D eigenvalue weighted by Crippen LogP contribution is 2.37. The molecule has 0 radical (unpaired) electrons. The quantitative estimate of drug-likeness (QED) is 0.382. The molecule has 0 amide bonds. The van der Waals surface area contributed by atoms with Crippen LogP contribution in [0.25, 0.3) is 16.8 Å². The fraction of sp³-hybridized carbons (Fsp3) is 0.167. The molecule has 0 aliphatic carbocycles. The van der Waals surface area contributed by atoms with Crippen LogP contribution in [0.2, 0.25) is 5.02 Å². The highest BCUT2D eigenvalue weighted by molar-refractivity contribution is 6.32. The number of aliphatic imine (C=N–C) groups is 1. The lowest BCUT2D eigenvalue weighted by Gasteiger charge is -2.13. The van der Waals surface area contributed by atoms with Gasteiger partial charge in [-0.1, -0.05) is 48.0 Å². The van der Waals surface area contributed by atoms with Gasteiger partial charge in [0.2, 0.25) is 5.90 Å². The summed E-state index contributed by atoms with van der Waals surface area (Å²) in [7, 11) is 0. The first-order valence-corrected chi connectivity index (χ1v) is 10.1. The predicted molar refractivity (Wildman–Crippen MR) is 118 cm³/mol. The normalized spacial score (nSPS) is 14.7. The molecule has 4 rings (SSSR count). The summed E-state index contributed by atoms with van der Waals surface area (Å²) < 4.78 is 16.7. The molecule has 0 spiro atoms. The maximum absolute atomic E-state index is 12.5. The monoisotopic (exact) mass is 421 g/mol. The van der Waals surface area contributed by atoms with Gasteiger partial charge < -0.3 is 14.2 Å². The van der Waals surface area contributed by atoms with E-state index in [0.29, 0.717) is 35.3 Å². The van der Waals surface area contributed by atoms with Crippen LogP contribution in [0.4, 0.5) is 0 Å². The number of benzene rings is 3. The Balaban J connectivity index is 1.74. The van der Waals surface area contributed by atoms with Gasteiger partial charge in [0.05, 0.1) is 18.2 Å². The molecule has 3 aromatic rings. The highest BCUT2D eigenvalue weighted by Gasteiger charge is 2.25. The SMILES string of the molecule is CCOc1cc(/C=C2\N=C(c3cccc4ccccc34)OC2=O)cc(Cl)c1OCC. The van der Waals surface area contributed by atoms with E-state index in [4.69, 9.17) is 25.8 Å². The molecule has 5 nitrogen and oxygen atoms in total. The summed E-state index contributed by atoms with van der Waals surface area (Å²) in [5.74, 6) is 0.770. The van der Waals surface area contributed by atoms with Crippen LogP contribution >= 0.6 is 11.6 Å². The van der Waals surface area contributed by atoms with Gasteiger partial charge in [0.1, 0.15) is 0 Å². The van der Waals surface area contributed by atoms with Crippen molar-refractivity contribution in [3.8, 4) is 11.5 Å². The molecule has 0 N–H and O–H groups in total. The molecule has 0 saturated carbocycles. The second kappa shape index (κ2) is 8.59. The van der Waals surface area contributed by atoms with E-state index < -0.39 is 5.97 Å². The molecule has 3 aromatic carbocycles. The standard InChI is InChI=1S/C24H20ClNO4/c1-3-28-21-14-15(12-19(25)22(21)29-4-2)13-20-24(27)30-23(26-20)18-11-7-9-16-8-5-6-10-17(16)18/h5-14H,3-4H2,1-2H3/b20-13-. The molecule has 0 fully saturated rings. The Kier molecular flexibility index (Phi) is 5.72. The van der Waals surface area contributed by atoms with Crippen molar-refractivity contribution in [1.82, 2.24) is 0 Å². The van der Waals surface area contributed by atoms with Gasteiger partial charge in [0, 0.05) is 5.56 Å². The lowest BCUT2D eigenvalue weighted by Crippen LogP contribution is -2.05. The van der Waals surface area contributed by atoms with Crippen molar-refractivity contribution >= 4 is 40.3 Å². The molecule has 0 atom stereocenters. The number of rotatable bonds is 6.